The molecule has 0 aliphatic heterocycles. The molecule has 1 unspecified atom stereocenters. The molecular formula is C6H12N4OS. The Bertz CT molecular complexity index is 203. The summed E-state index contributed by atoms with van der Waals surface area (Å²) < 4.78 is 0. The fraction of sp³-hybridized carbons (Fsp3) is 0.667. The van der Waals surface area contributed by atoms with Gasteiger partial charge >= 0.3 is 0 Å². The minimum atomic E-state index is -0.125. The number of aliphatic hydroxyl groups excluding tert-OH is 1. The van der Waals surface area contributed by atoms with Crippen LogP contribution < -0.4 is 5.73 Å². The number of H-pyrrole nitrogens is 1. The Morgan fingerprint density at radius 3 is 3.17 bits per heavy atom. The Morgan fingerprint density at radius 1 is 1.75 bits per heavy atom. The van der Waals surface area contributed by atoms with E-state index in [4.69, 9.17) is 10.8 Å². The topological polar surface area (TPSA) is 87.8 Å². The van der Waals surface area contributed by atoms with Gasteiger partial charge in [0.15, 0.2) is 5.16 Å². The number of nitrogens with zero attached hydrogens (tertiary/aromatic N) is 2. The van der Waals surface area contributed by atoms with Gasteiger partial charge in [-0.15, -0.1) is 0 Å². The number of aromatic nitrogens is 3. The van der Waals surface area contributed by atoms with Crippen molar-refractivity contribution in [3.05, 3.63) is 6.33 Å². The van der Waals surface area contributed by atoms with Gasteiger partial charge in [0, 0.05) is 11.8 Å². The van der Waals surface area contributed by atoms with Gasteiger partial charge in [0.2, 0.25) is 0 Å². The number of rotatable bonds is 5. The first kappa shape index (κ1) is 9.50. The second-order valence-corrected chi connectivity index (χ2v) is 3.45. The molecule has 1 aromatic rings. The van der Waals surface area contributed by atoms with Gasteiger partial charge in [-0.05, 0) is 6.42 Å². The van der Waals surface area contributed by atoms with E-state index >= 15 is 0 Å². The predicted molar refractivity (Wildman–Crippen MR) is 46.8 cm³/mol. The predicted octanol–water partition coefficient (Wildman–Crippen LogP) is -0.394. The highest BCUT2D eigenvalue weighted by Crippen LogP contribution is 2.12. The number of nitrogens with two attached hydrogens (primary N) is 1. The summed E-state index contributed by atoms with van der Waals surface area (Å²) in [7, 11) is 0. The molecule has 68 valence electrons. The van der Waals surface area contributed by atoms with Crippen molar-refractivity contribution < 1.29 is 5.11 Å². The highest BCUT2D eigenvalue weighted by molar-refractivity contribution is 7.99. The molecule has 0 aliphatic rings. The molecule has 1 atom stereocenters. The van der Waals surface area contributed by atoms with E-state index in [1.165, 1.54) is 6.33 Å². The van der Waals surface area contributed by atoms with Crippen molar-refractivity contribution in [2.24, 2.45) is 5.73 Å². The minimum Gasteiger partial charge on any atom is -0.395 e. The van der Waals surface area contributed by atoms with Crippen molar-refractivity contribution in [2.75, 3.05) is 12.4 Å². The molecule has 4 N–H and O–H groups in total. The van der Waals surface area contributed by atoms with Crippen molar-refractivity contribution in [2.45, 2.75) is 17.6 Å². The van der Waals surface area contributed by atoms with Gasteiger partial charge in [0.1, 0.15) is 6.33 Å². The number of hydrogen-bond acceptors (Lipinski definition) is 5. The third-order valence-corrected chi connectivity index (χ3v) is 2.26. The van der Waals surface area contributed by atoms with Crippen molar-refractivity contribution >= 4 is 11.8 Å². The molecule has 0 amide bonds. The molecule has 0 radical (unpaired) electrons. The molecule has 6 heteroatoms. The summed E-state index contributed by atoms with van der Waals surface area (Å²) in [5, 5.41) is 15.8. The lowest BCUT2D eigenvalue weighted by Crippen LogP contribution is -2.24. The van der Waals surface area contributed by atoms with Crippen LogP contribution in [0.3, 0.4) is 0 Å². The summed E-state index contributed by atoms with van der Waals surface area (Å²) in [6.07, 6.45) is 2.25. The molecule has 12 heavy (non-hydrogen) atoms. The van der Waals surface area contributed by atoms with Gasteiger partial charge in [-0.25, -0.2) is 4.98 Å². The quantitative estimate of drug-likeness (QED) is 0.547. The lowest BCUT2D eigenvalue weighted by atomic mass is 10.3. The Balaban J connectivity index is 2.11. The van der Waals surface area contributed by atoms with Gasteiger partial charge in [-0.3, -0.25) is 5.10 Å². The van der Waals surface area contributed by atoms with Crippen LogP contribution in [-0.2, 0) is 0 Å². The summed E-state index contributed by atoms with van der Waals surface area (Å²) in [5.41, 5.74) is 5.50. The smallest absolute Gasteiger partial charge is 0.183 e. The highest BCUT2D eigenvalue weighted by Gasteiger charge is 2.01. The molecule has 0 fully saturated rings. The van der Waals surface area contributed by atoms with Crippen LogP contribution in [0.2, 0.25) is 0 Å². The zero-order valence-electron chi connectivity index (χ0n) is 6.60. The van der Waals surface area contributed by atoms with Crippen LogP contribution in [0.15, 0.2) is 11.5 Å². The zero-order valence-corrected chi connectivity index (χ0v) is 7.42. The molecule has 1 aromatic heterocycles. The first-order valence-corrected chi connectivity index (χ1v) is 4.66. The molecule has 0 bridgehead atoms. The third-order valence-electron chi connectivity index (χ3n) is 1.35. The van der Waals surface area contributed by atoms with Crippen LogP contribution in [0.4, 0.5) is 0 Å². The van der Waals surface area contributed by atoms with E-state index in [-0.39, 0.29) is 12.6 Å². The maximum atomic E-state index is 8.62. The van der Waals surface area contributed by atoms with Crippen molar-refractivity contribution in [3.63, 3.8) is 0 Å². The molecule has 0 saturated carbocycles. The SMILES string of the molecule is NC(CO)CCSc1ncn[nH]1. The maximum absolute atomic E-state index is 8.62. The van der Waals surface area contributed by atoms with E-state index in [2.05, 4.69) is 15.2 Å². The number of aliphatic hydroxyl groups is 1. The van der Waals surface area contributed by atoms with Gasteiger partial charge < -0.3 is 10.8 Å². The second kappa shape index (κ2) is 5.13. The number of aromatic amines is 1. The summed E-state index contributed by atoms with van der Waals surface area (Å²) >= 11 is 1.55. The van der Waals surface area contributed by atoms with Gasteiger partial charge in [0.05, 0.1) is 6.61 Å². The van der Waals surface area contributed by atoms with Gasteiger partial charge in [-0.2, -0.15) is 5.10 Å². The lowest BCUT2D eigenvalue weighted by molar-refractivity contribution is 0.264. The van der Waals surface area contributed by atoms with Gasteiger partial charge in [-0.1, -0.05) is 11.8 Å². The van der Waals surface area contributed by atoms with Gasteiger partial charge in [0.25, 0.3) is 0 Å². The second-order valence-electron chi connectivity index (χ2n) is 2.37. The van der Waals surface area contributed by atoms with E-state index in [9.17, 15) is 0 Å². The lowest BCUT2D eigenvalue weighted by Gasteiger charge is -2.04. The molecule has 0 aliphatic carbocycles. The molecule has 5 nitrogen and oxygen atoms in total. The van der Waals surface area contributed by atoms with Crippen LogP contribution in [0, 0.1) is 0 Å². The molecular weight excluding hydrogens is 176 g/mol. The van der Waals surface area contributed by atoms with E-state index in [0.717, 1.165) is 17.3 Å². The zero-order chi connectivity index (χ0) is 8.81. The van der Waals surface area contributed by atoms with Crippen molar-refractivity contribution in [1.82, 2.24) is 15.2 Å². The Hall–Kier alpha value is -0.590. The average molecular weight is 188 g/mol. The molecule has 0 saturated heterocycles. The van der Waals surface area contributed by atoms with Crippen LogP contribution in [0.5, 0.6) is 0 Å². The average Bonchev–Trinajstić information content (AvgIpc) is 2.57. The van der Waals surface area contributed by atoms with Crippen molar-refractivity contribution in [1.29, 1.82) is 0 Å². The summed E-state index contributed by atoms with van der Waals surface area (Å²) in [4.78, 5) is 3.93. The van der Waals surface area contributed by atoms with Crippen LogP contribution in [0.1, 0.15) is 6.42 Å². The van der Waals surface area contributed by atoms with Crippen LogP contribution in [0.25, 0.3) is 0 Å². The highest BCUT2D eigenvalue weighted by atomic mass is 32.2. The largest absolute Gasteiger partial charge is 0.395 e. The number of hydrogen-bond donors (Lipinski definition) is 3. The normalized spacial score (nSPS) is 13.2. The Labute approximate surface area is 74.8 Å². The Kier molecular flexibility index (Phi) is 4.06. The standard InChI is InChI=1S/C6H12N4OS/c7-5(3-11)1-2-12-6-8-4-9-10-6/h4-5,11H,1-3,7H2,(H,8,9,10). The fourth-order valence-corrected chi connectivity index (χ4v) is 1.51. The fourth-order valence-electron chi connectivity index (χ4n) is 0.662. The third kappa shape index (κ3) is 3.21. The van der Waals surface area contributed by atoms with Crippen molar-refractivity contribution in [3.8, 4) is 0 Å². The monoisotopic (exact) mass is 188 g/mol. The number of nitrogens with one attached hydrogen (secondary N) is 1. The minimum absolute atomic E-state index is 0.0387. The van der Waals surface area contributed by atoms with E-state index < -0.39 is 0 Å². The molecule has 0 aromatic carbocycles. The maximum Gasteiger partial charge on any atom is 0.183 e. The first-order chi connectivity index (χ1) is 5.83. The van der Waals surface area contributed by atoms with Crippen LogP contribution in [-0.4, -0.2) is 38.7 Å². The Morgan fingerprint density at radius 2 is 2.58 bits per heavy atom. The summed E-state index contributed by atoms with van der Waals surface area (Å²) in [6.45, 7) is 0.0387. The van der Waals surface area contributed by atoms with E-state index in [0.29, 0.717) is 0 Å². The van der Waals surface area contributed by atoms with Crippen LogP contribution >= 0.6 is 11.8 Å². The summed E-state index contributed by atoms with van der Waals surface area (Å²) in [5.74, 6) is 0.844. The summed E-state index contributed by atoms with van der Waals surface area (Å²) in [6, 6.07) is -0.125. The van der Waals surface area contributed by atoms with E-state index in [1.54, 1.807) is 11.8 Å². The first-order valence-electron chi connectivity index (χ1n) is 3.67. The number of thioether (sulfide) groups is 1. The molecule has 1 heterocycles. The van der Waals surface area contributed by atoms with E-state index in [1.807, 2.05) is 0 Å². The molecule has 0 spiro atoms. The molecule has 1 rings (SSSR count).